The molecule has 0 saturated carbocycles. The van der Waals surface area contributed by atoms with Gasteiger partial charge in [0.05, 0.1) is 24.1 Å². The molecule has 0 aliphatic carbocycles. The molecule has 0 saturated heterocycles. The van der Waals surface area contributed by atoms with Crippen molar-refractivity contribution < 1.29 is 9.53 Å². The molecule has 0 aliphatic rings. The maximum absolute atomic E-state index is 11.5. The fourth-order valence-corrected chi connectivity index (χ4v) is 2.27. The van der Waals surface area contributed by atoms with Gasteiger partial charge in [-0.25, -0.2) is 4.79 Å². The monoisotopic (exact) mass is 298 g/mol. The van der Waals surface area contributed by atoms with Crippen LogP contribution >= 0.6 is 11.6 Å². The number of hydrogen-bond acceptors (Lipinski definition) is 4. The smallest absolute Gasteiger partial charge is 0.340 e. The van der Waals surface area contributed by atoms with Crippen LogP contribution in [0.1, 0.15) is 26.2 Å². The van der Waals surface area contributed by atoms with Crippen molar-refractivity contribution in [1.29, 1.82) is 5.41 Å². The number of rotatable bonds is 9. The normalized spacial score (nSPS) is 14.8. The lowest BCUT2D eigenvalue weighted by atomic mass is 9.93. The van der Waals surface area contributed by atoms with Crippen LogP contribution in [0.2, 0.25) is 0 Å². The molecule has 0 aromatic rings. The van der Waals surface area contributed by atoms with Gasteiger partial charge in [-0.15, -0.1) is 18.2 Å². The second kappa shape index (κ2) is 9.37. The summed E-state index contributed by atoms with van der Waals surface area (Å²) in [5.41, 5.74) is 6.09. The van der Waals surface area contributed by atoms with Crippen molar-refractivity contribution in [1.82, 2.24) is 0 Å². The molecule has 0 heterocycles. The predicted octanol–water partition coefficient (Wildman–Crippen LogP) is 3.18. The fourth-order valence-electron chi connectivity index (χ4n) is 1.83. The third kappa shape index (κ3) is 5.21. The highest BCUT2D eigenvalue weighted by molar-refractivity contribution is 6.23. The number of ether oxygens (including phenoxy) is 1. The maximum Gasteiger partial charge on any atom is 0.340 e. The highest BCUT2D eigenvalue weighted by Crippen LogP contribution is 2.23. The van der Waals surface area contributed by atoms with Gasteiger partial charge < -0.3 is 15.9 Å². The third-order valence-electron chi connectivity index (χ3n) is 3.13. The average molecular weight is 299 g/mol. The lowest BCUT2D eigenvalue weighted by Crippen LogP contribution is -2.23. The quantitative estimate of drug-likeness (QED) is 0.171. The summed E-state index contributed by atoms with van der Waals surface area (Å²) in [5.74, 6) is -0.376. The van der Waals surface area contributed by atoms with E-state index in [0.717, 1.165) is 12.8 Å². The molecule has 0 rings (SSSR count). The van der Waals surface area contributed by atoms with Crippen molar-refractivity contribution in [3.63, 3.8) is 0 Å². The lowest BCUT2D eigenvalue weighted by molar-refractivity contribution is -0.135. The number of nitrogens with two attached hydrogens (primary N) is 1. The SMILES string of the molecule is C=CC[C@@H](CC)[C@@H](Cl)CC(=N)/C(N)=C(\C=C)C(=O)OC. The summed E-state index contributed by atoms with van der Waals surface area (Å²) in [7, 11) is 1.25. The van der Waals surface area contributed by atoms with Crippen LogP contribution in [0.4, 0.5) is 0 Å². The standard InChI is InChI=1S/C15H23ClN2O2/c1-5-8-10(6-2)12(16)9-13(17)14(18)11(7-3)15(19)20-4/h5,7,10,12,17H,1,3,6,8-9,18H2,2,4H3/b14-11-,17-13?/t10-,12+/m1/s1. The summed E-state index contributed by atoms with van der Waals surface area (Å²) in [4.78, 5) is 11.5. The second-order valence-electron chi connectivity index (χ2n) is 4.41. The van der Waals surface area contributed by atoms with Crippen LogP contribution in [-0.2, 0) is 9.53 Å². The van der Waals surface area contributed by atoms with Crippen LogP contribution in [0.15, 0.2) is 36.6 Å². The molecule has 0 fully saturated rings. The van der Waals surface area contributed by atoms with Gasteiger partial charge in [0, 0.05) is 11.8 Å². The predicted molar refractivity (Wildman–Crippen MR) is 84.0 cm³/mol. The molecular formula is C15H23ClN2O2. The number of alkyl halides is 1. The molecule has 5 heteroatoms. The maximum atomic E-state index is 11.5. The van der Waals surface area contributed by atoms with Gasteiger partial charge in [0.25, 0.3) is 0 Å². The number of carbonyl (C=O) groups excluding carboxylic acids is 1. The van der Waals surface area contributed by atoms with E-state index in [4.69, 9.17) is 22.7 Å². The molecule has 0 aromatic heterocycles. The Bertz CT molecular complexity index is 416. The summed E-state index contributed by atoms with van der Waals surface area (Å²) in [6.45, 7) is 9.25. The highest BCUT2D eigenvalue weighted by atomic mass is 35.5. The first kappa shape index (κ1) is 18.4. The largest absolute Gasteiger partial charge is 0.465 e. The van der Waals surface area contributed by atoms with E-state index in [1.165, 1.54) is 13.2 Å². The Morgan fingerprint density at radius 3 is 2.50 bits per heavy atom. The van der Waals surface area contributed by atoms with E-state index in [9.17, 15) is 4.79 Å². The molecule has 0 spiro atoms. The van der Waals surface area contributed by atoms with Gasteiger partial charge in [0.1, 0.15) is 0 Å². The minimum atomic E-state index is -0.605. The molecule has 2 atom stereocenters. The van der Waals surface area contributed by atoms with Crippen molar-refractivity contribution in [2.75, 3.05) is 7.11 Å². The van der Waals surface area contributed by atoms with Crippen LogP contribution in [0.25, 0.3) is 0 Å². The molecule has 3 N–H and O–H groups in total. The van der Waals surface area contributed by atoms with E-state index < -0.39 is 5.97 Å². The first-order chi connectivity index (χ1) is 9.42. The van der Waals surface area contributed by atoms with Gasteiger partial charge in [0.2, 0.25) is 0 Å². The Balaban J connectivity index is 4.98. The molecule has 4 nitrogen and oxygen atoms in total. The van der Waals surface area contributed by atoms with E-state index in [2.05, 4.69) is 17.9 Å². The average Bonchev–Trinajstić information content (AvgIpc) is 2.44. The topological polar surface area (TPSA) is 76.2 Å². The molecular weight excluding hydrogens is 276 g/mol. The van der Waals surface area contributed by atoms with Crippen molar-refractivity contribution in [3.05, 3.63) is 36.6 Å². The van der Waals surface area contributed by atoms with Gasteiger partial charge in [-0.05, 0) is 12.3 Å². The molecule has 0 amide bonds. The highest BCUT2D eigenvalue weighted by Gasteiger charge is 2.21. The van der Waals surface area contributed by atoms with Crippen LogP contribution in [0.3, 0.4) is 0 Å². The summed E-state index contributed by atoms with van der Waals surface area (Å²) < 4.78 is 4.60. The Morgan fingerprint density at radius 1 is 1.50 bits per heavy atom. The minimum Gasteiger partial charge on any atom is -0.465 e. The number of allylic oxidation sites excluding steroid dienone is 2. The zero-order valence-corrected chi connectivity index (χ0v) is 12.9. The summed E-state index contributed by atoms with van der Waals surface area (Å²) in [6.07, 6.45) is 5.07. The van der Waals surface area contributed by atoms with Gasteiger partial charge in [0.15, 0.2) is 0 Å². The Hall–Kier alpha value is -1.55. The van der Waals surface area contributed by atoms with Crippen molar-refractivity contribution in [3.8, 4) is 0 Å². The van der Waals surface area contributed by atoms with Gasteiger partial charge in [-0.1, -0.05) is 32.1 Å². The molecule has 0 radical (unpaired) electrons. The van der Waals surface area contributed by atoms with Crippen LogP contribution in [0, 0.1) is 11.3 Å². The number of methoxy groups -OCH3 is 1. The van der Waals surface area contributed by atoms with E-state index in [1.54, 1.807) is 0 Å². The molecule has 0 unspecified atom stereocenters. The molecule has 20 heavy (non-hydrogen) atoms. The molecule has 0 bridgehead atoms. The number of carbonyl (C=O) groups is 1. The van der Waals surface area contributed by atoms with Crippen LogP contribution in [-0.4, -0.2) is 24.2 Å². The first-order valence-electron chi connectivity index (χ1n) is 6.46. The number of esters is 1. The van der Waals surface area contributed by atoms with Crippen molar-refractivity contribution in [2.45, 2.75) is 31.6 Å². The zero-order chi connectivity index (χ0) is 15.7. The van der Waals surface area contributed by atoms with Gasteiger partial charge in [-0.3, -0.25) is 0 Å². The minimum absolute atomic E-state index is 0.0611. The van der Waals surface area contributed by atoms with Crippen molar-refractivity contribution >= 4 is 23.3 Å². The number of halogens is 1. The summed E-state index contributed by atoms with van der Waals surface area (Å²) in [6, 6.07) is 0. The first-order valence-corrected chi connectivity index (χ1v) is 6.89. The summed E-state index contributed by atoms with van der Waals surface area (Å²) in [5, 5.41) is 7.75. The zero-order valence-electron chi connectivity index (χ0n) is 12.1. The van der Waals surface area contributed by atoms with Crippen LogP contribution < -0.4 is 5.73 Å². The number of hydrogen-bond donors (Lipinski definition) is 2. The Morgan fingerprint density at radius 2 is 2.10 bits per heavy atom. The van der Waals surface area contributed by atoms with E-state index in [1.807, 2.05) is 13.0 Å². The van der Waals surface area contributed by atoms with Crippen molar-refractivity contribution in [2.24, 2.45) is 11.7 Å². The Kier molecular flexibility index (Phi) is 8.64. The Labute approximate surface area is 125 Å². The summed E-state index contributed by atoms with van der Waals surface area (Å²) >= 11 is 6.32. The molecule has 112 valence electrons. The lowest BCUT2D eigenvalue weighted by Gasteiger charge is -2.20. The third-order valence-corrected chi connectivity index (χ3v) is 3.64. The number of nitrogens with one attached hydrogen (secondary N) is 1. The molecule has 0 aromatic carbocycles. The van der Waals surface area contributed by atoms with Gasteiger partial charge >= 0.3 is 5.97 Å². The van der Waals surface area contributed by atoms with Gasteiger partial charge in [-0.2, -0.15) is 0 Å². The second-order valence-corrected chi connectivity index (χ2v) is 4.98. The fraction of sp³-hybridized carbons (Fsp3) is 0.467. The van der Waals surface area contributed by atoms with E-state index >= 15 is 0 Å². The van der Waals surface area contributed by atoms with E-state index in [-0.39, 0.29) is 34.7 Å². The molecule has 0 aliphatic heterocycles. The van der Waals surface area contributed by atoms with Crippen LogP contribution in [0.5, 0.6) is 0 Å². The van der Waals surface area contributed by atoms with E-state index in [0.29, 0.717) is 0 Å².